The summed E-state index contributed by atoms with van der Waals surface area (Å²) < 4.78 is 5.81. The number of nitrogens with one attached hydrogen (secondary N) is 1. The first-order valence-corrected chi connectivity index (χ1v) is 23.1. The number of carbonyl (C=O) groups excluding carboxylic acids is 2. The number of hydrogen-bond acceptors (Lipinski definition) is 5. The number of amides is 1. The molecule has 0 radical (unpaired) electrons. The summed E-state index contributed by atoms with van der Waals surface area (Å²) in [5.74, 6) is -0.607. The lowest BCUT2D eigenvalue weighted by molar-refractivity contribution is -0.150. The molecule has 0 saturated carbocycles. The molecule has 0 aromatic heterocycles. The van der Waals surface area contributed by atoms with E-state index in [4.69, 9.17) is 4.74 Å². The first-order valence-electron chi connectivity index (χ1n) is 23.1. The zero-order chi connectivity index (χ0) is 40.3. The maximum atomic E-state index is 13.1. The lowest BCUT2D eigenvalue weighted by Gasteiger charge is -2.24. The number of ether oxygens (including phenoxy) is 1. The zero-order valence-electron chi connectivity index (χ0n) is 36.0. The lowest BCUT2D eigenvalue weighted by Crippen LogP contribution is -2.46. The average molecular weight is 770 g/mol. The summed E-state index contributed by atoms with van der Waals surface area (Å²) in [6.07, 6.45) is 51.6. The van der Waals surface area contributed by atoms with Gasteiger partial charge in [-0.25, -0.2) is 0 Å². The van der Waals surface area contributed by atoms with Crippen LogP contribution in [0.5, 0.6) is 0 Å². The van der Waals surface area contributed by atoms with Crippen molar-refractivity contribution in [2.75, 3.05) is 6.61 Å². The highest BCUT2D eigenvalue weighted by Crippen LogP contribution is 2.16. The molecule has 1 amide bonds. The summed E-state index contributed by atoms with van der Waals surface area (Å²) >= 11 is 0. The predicted octanol–water partition coefficient (Wildman–Crippen LogP) is 13.3. The highest BCUT2D eigenvalue weighted by atomic mass is 16.5. The Bertz CT molecular complexity index is 999. The molecule has 0 aliphatic heterocycles. The van der Waals surface area contributed by atoms with Crippen LogP contribution in [0.2, 0.25) is 0 Å². The summed E-state index contributed by atoms with van der Waals surface area (Å²) in [4.78, 5) is 25.9. The minimum Gasteiger partial charge on any atom is -0.461 e. The van der Waals surface area contributed by atoms with Crippen molar-refractivity contribution in [3.05, 3.63) is 60.8 Å². The van der Waals surface area contributed by atoms with Gasteiger partial charge in [0.25, 0.3) is 0 Å². The lowest BCUT2D eigenvalue weighted by atomic mass is 10.0. The SMILES string of the molecule is CC/C=C/C=C/C=C\C=C/C=C/CC(CC(=O)NC(CO)C(O)CCCCCCCCCCCCCC)OC(=O)CCCCCCCCCCCCCCC. The second-order valence-corrected chi connectivity index (χ2v) is 15.6. The number of rotatable bonds is 40. The quantitative estimate of drug-likeness (QED) is 0.0328. The van der Waals surface area contributed by atoms with Crippen molar-refractivity contribution < 1.29 is 24.5 Å². The van der Waals surface area contributed by atoms with Gasteiger partial charge in [-0.3, -0.25) is 9.59 Å². The summed E-state index contributed by atoms with van der Waals surface area (Å²) in [6.45, 7) is 6.28. The van der Waals surface area contributed by atoms with Crippen LogP contribution < -0.4 is 5.32 Å². The highest BCUT2D eigenvalue weighted by Gasteiger charge is 2.23. The molecule has 6 nitrogen and oxygen atoms in total. The zero-order valence-corrected chi connectivity index (χ0v) is 36.0. The molecule has 0 rings (SSSR count). The molecule has 0 bridgehead atoms. The van der Waals surface area contributed by atoms with Gasteiger partial charge in [0.05, 0.1) is 25.2 Å². The van der Waals surface area contributed by atoms with Crippen LogP contribution in [0, 0.1) is 0 Å². The maximum absolute atomic E-state index is 13.1. The van der Waals surface area contributed by atoms with Crippen LogP contribution in [0.3, 0.4) is 0 Å². The number of hydrogen-bond donors (Lipinski definition) is 3. The number of carbonyl (C=O) groups is 2. The molecule has 0 aromatic carbocycles. The molecule has 0 spiro atoms. The normalized spacial score (nSPS) is 13.9. The average Bonchev–Trinajstić information content (AvgIpc) is 3.18. The van der Waals surface area contributed by atoms with Crippen LogP contribution in [0.4, 0.5) is 0 Å². The second-order valence-electron chi connectivity index (χ2n) is 15.6. The molecule has 0 saturated heterocycles. The predicted molar refractivity (Wildman–Crippen MR) is 236 cm³/mol. The first kappa shape index (κ1) is 52.6. The molecule has 3 unspecified atom stereocenters. The van der Waals surface area contributed by atoms with E-state index in [9.17, 15) is 19.8 Å². The highest BCUT2D eigenvalue weighted by molar-refractivity contribution is 5.77. The minimum atomic E-state index is -0.816. The van der Waals surface area contributed by atoms with Crippen LogP contribution in [-0.4, -0.2) is 46.9 Å². The van der Waals surface area contributed by atoms with E-state index in [2.05, 4.69) is 32.2 Å². The Morgan fingerprint density at radius 2 is 0.945 bits per heavy atom. The third kappa shape index (κ3) is 38.2. The maximum Gasteiger partial charge on any atom is 0.306 e. The molecule has 0 aliphatic carbocycles. The fourth-order valence-electron chi connectivity index (χ4n) is 6.75. The topological polar surface area (TPSA) is 95.9 Å². The first-order chi connectivity index (χ1) is 27.0. The van der Waals surface area contributed by atoms with E-state index < -0.39 is 18.2 Å². The molecule has 6 heteroatoms. The van der Waals surface area contributed by atoms with Crippen LogP contribution in [0.1, 0.15) is 213 Å². The summed E-state index contributed by atoms with van der Waals surface area (Å²) in [5.41, 5.74) is 0. The van der Waals surface area contributed by atoms with Crippen molar-refractivity contribution in [2.45, 2.75) is 232 Å². The van der Waals surface area contributed by atoms with Gasteiger partial charge in [-0.2, -0.15) is 0 Å². The number of aliphatic hydroxyl groups excluding tert-OH is 2. The number of allylic oxidation sites excluding steroid dienone is 9. The Morgan fingerprint density at radius 1 is 0.545 bits per heavy atom. The van der Waals surface area contributed by atoms with Crippen LogP contribution in [-0.2, 0) is 14.3 Å². The Balaban J connectivity index is 4.70. The Morgan fingerprint density at radius 3 is 1.38 bits per heavy atom. The molecular weight excluding hydrogens is 683 g/mol. The van der Waals surface area contributed by atoms with Gasteiger partial charge in [-0.15, -0.1) is 0 Å². The van der Waals surface area contributed by atoms with E-state index in [-0.39, 0.29) is 24.9 Å². The molecule has 0 aromatic rings. The standard InChI is InChI=1S/C49H87NO5/c1-4-7-10-13-16-19-22-24-27-30-33-36-39-42-49(54)55-45(40-37-34-31-28-25-21-18-15-12-9-6-3)43-48(53)50-46(44-51)47(52)41-38-35-32-29-26-23-20-17-14-11-8-5-2/h9,12,15,18,21,25,28,31,34,37,45-47,51-52H,4-8,10-11,13-14,16-17,19-20,22-24,26-27,29-30,32-33,35-36,38-44H2,1-3H3,(H,50,53)/b12-9+,18-15+,25-21-,31-28-,37-34+. The molecule has 3 N–H and O–H groups in total. The van der Waals surface area contributed by atoms with Crippen LogP contribution in [0.15, 0.2) is 60.8 Å². The van der Waals surface area contributed by atoms with Crippen LogP contribution in [0.25, 0.3) is 0 Å². The largest absolute Gasteiger partial charge is 0.461 e. The van der Waals surface area contributed by atoms with Crippen molar-refractivity contribution in [1.29, 1.82) is 0 Å². The van der Waals surface area contributed by atoms with Gasteiger partial charge < -0.3 is 20.3 Å². The van der Waals surface area contributed by atoms with Gasteiger partial charge in [0.15, 0.2) is 0 Å². The van der Waals surface area contributed by atoms with Gasteiger partial charge in [0.2, 0.25) is 5.91 Å². The number of aliphatic hydroxyl groups is 2. The van der Waals surface area contributed by atoms with Gasteiger partial charge in [0, 0.05) is 12.8 Å². The second kappa shape index (κ2) is 42.7. The smallest absolute Gasteiger partial charge is 0.306 e. The van der Waals surface area contributed by atoms with E-state index >= 15 is 0 Å². The van der Waals surface area contributed by atoms with Crippen LogP contribution >= 0.6 is 0 Å². The van der Waals surface area contributed by atoms with Gasteiger partial charge in [-0.1, -0.05) is 236 Å². The molecule has 0 fully saturated rings. The fourth-order valence-corrected chi connectivity index (χ4v) is 6.75. The van der Waals surface area contributed by atoms with Gasteiger partial charge in [-0.05, 0) is 19.3 Å². The van der Waals surface area contributed by atoms with Crippen molar-refractivity contribution >= 4 is 11.9 Å². The Kier molecular flexibility index (Phi) is 40.8. The van der Waals surface area contributed by atoms with Crippen molar-refractivity contribution in [3.8, 4) is 0 Å². The van der Waals surface area contributed by atoms with Gasteiger partial charge >= 0.3 is 5.97 Å². The number of unbranched alkanes of at least 4 members (excludes halogenated alkanes) is 23. The molecule has 0 aliphatic rings. The van der Waals surface area contributed by atoms with E-state index in [1.165, 1.54) is 122 Å². The molecule has 0 heterocycles. The third-order valence-electron chi connectivity index (χ3n) is 10.2. The molecule has 55 heavy (non-hydrogen) atoms. The van der Waals surface area contributed by atoms with E-state index in [1.54, 1.807) is 0 Å². The van der Waals surface area contributed by atoms with E-state index in [1.807, 2.05) is 54.7 Å². The molecule has 318 valence electrons. The van der Waals surface area contributed by atoms with Crippen molar-refractivity contribution in [3.63, 3.8) is 0 Å². The Hall–Kier alpha value is -2.44. The van der Waals surface area contributed by atoms with E-state index in [0.717, 1.165) is 44.9 Å². The fraction of sp³-hybridized carbons (Fsp3) is 0.755. The molecular formula is C49H87NO5. The minimum absolute atomic E-state index is 0.0177. The van der Waals surface area contributed by atoms with Gasteiger partial charge in [0.1, 0.15) is 6.10 Å². The Labute approximate surface area is 339 Å². The van der Waals surface area contributed by atoms with E-state index in [0.29, 0.717) is 19.3 Å². The summed E-state index contributed by atoms with van der Waals surface area (Å²) in [5, 5.41) is 23.6. The number of esters is 1. The summed E-state index contributed by atoms with van der Waals surface area (Å²) in [6, 6.07) is -0.737. The summed E-state index contributed by atoms with van der Waals surface area (Å²) in [7, 11) is 0. The monoisotopic (exact) mass is 770 g/mol. The third-order valence-corrected chi connectivity index (χ3v) is 10.2. The molecule has 3 atom stereocenters. The van der Waals surface area contributed by atoms with Crippen molar-refractivity contribution in [1.82, 2.24) is 5.32 Å². The van der Waals surface area contributed by atoms with Crippen molar-refractivity contribution in [2.24, 2.45) is 0 Å².